The maximum atomic E-state index is 11.4. The number of hydrogen-bond donors (Lipinski definition) is 1. The lowest BCUT2D eigenvalue weighted by Gasteiger charge is -2.12. The van der Waals surface area contributed by atoms with E-state index in [9.17, 15) is 9.59 Å². The van der Waals surface area contributed by atoms with Gasteiger partial charge in [-0.2, -0.15) is 0 Å². The Hall–Kier alpha value is -0.900. The van der Waals surface area contributed by atoms with E-state index in [0.717, 1.165) is 19.3 Å². The zero-order valence-electron chi connectivity index (χ0n) is 10.5. The van der Waals surface area contributed by atoms with Crippen molar-refractivity contribution < 1.29 is 14.3 Å². The Bertz CT molecular complexity index is 226. The second-order valence-electron chi connectivity index (χ2n) is 4.49. The summed E-state index contributed by atoms with van der Waals surface area (Å²) in [6.07, 6.45) is 3.62. The van der Waals surface area contributed by atoms with Gasteiger partial charge in [0.1, 0.15) is 6.04 Å². The first-order valence-electron chi connectivity index (χ1n) is 5.97. The lowest BCUT2D eigenvalue weighted by Crippen LogP contribution is -2.34. The summed E-state index contributed by atoms with van der Waals surface area (Å²) in [5, 5.41) is 0. The van der Waals surface area contributed by atoms with Crippen LogP contribution in [0.2, 0.25) is 0 Å². The molecule has 1 atom stereocenters. The standard InChI is InChI=1S/C12H23NO3/c1-4-5-6-7-11(14)16-12(15)10(13)8-9(2)3/h9-10H,4-8,13H2,1-3H3/t10-/m0/s1. The Morgan fingerprint density at radius 3 is 2.38 bits per heavy atom. The summed E-state index contributed by atoms with van der Waals surface area (Å²) in [5.74, 6) is -0.745. The van der Waals surface area contributed by atoms with Crippen LogP contribution in [-0.2, 0) is 14.3 Å². The Balaban J connectivity index is 3.81. The molecule has 0 aromatic carbocycles. The molecule has 0 unspecified atom stereocenters. The molecular weight excluding hydrogens is 206 g/mol. The van der Waals surface area contributed by atoms with Crippen LogP contribution in [0.3, 0.4) is 0 Å². The van der Waals surface area contributed by atoms with E-state index in [-0.39, 0.29) is 0 Å². The number of rotatable bonds is 7. The normalized spacial score (nSPS) is 12.6. The molecule has 94 valence electrons. The summed E-state index contributed by atoms with van der Waals surface area (Å²) in [7, 11) is 0. The van der Waals surface area contributed by atoms with Crippen molar-refractivity contribution in [1.29, 1.82) is 0 Å². The second kappa shape index (κ2) is 8.28. The molecule has 0 fully saturated rings. The Morgan fingerprint density at radius 1 is 1.25 bits per heavy atom. The van der Waals surface area contributed by atoms with Gasteiger partial charge in [-0.15, -0.1) is 0 Å². The topological polar surface area (TPSA) is 69.4 Å². The van der Waals surface area contributed by atoms with Gasteiger partial charge in [0.15, 0.2) is 0 Å². The largest absolute Gasteiger partial charge is 0.392 e. The zero-order chi connectivity index (χ0) is 12.6. The summed E-state index contributed by atoms with van der Waals surface area (Å²) in [6, 6.07) is -0.685. The molecule has 4 heteroatoms. The first-order chi connectivity index (χ1) is 7.47. The van der Waals surface area contributed by atoms with Crippen LogP contribution in [0.15, 0.2) is 0 Å². The number of unbranched alkanes of at least 4 members (excludes halogenated alkanes) is 2. The van der Waals surface area contributed by atoms with Crippen molar-refractivity contribution in [3.05, 3.63) is 0 Å². The molecule has 0 rings (SSSR count). The maximum absolute atomic E-state index is 11.4. The van der Waals surface area contributed by atoms with Gasteiger partial charge in [0, 0.05) is 6.42 Å². The fourth-order valence-electron chi connectivity index (χ4n) is 1.36. The Morgan fingerprint density at radius 2 is 1.88 bits per heavy atom. The number of carbonyl (C=O) groups excluding carboxylic acids is 2. The number of carbonyl (C=O) groups is 2. The third-order valence-corrected chi connectivity index (χ3v) is 2.23. The predicted octanol–water partition coefficient (Wildman–Crippen LogP) is 2.01. The molecule has 0 amide bonds. The van der Waals surface area contributed by atoms with E-state index in [2.05, 4.69) is 11.7 Å². The highest BCUT2D eigenvalue weighted by atomic mass is 16.6. The van der Waals surface area contributed by atoms with Gasteiger partial charge in [0.25, 0.3) is 0 Å². The fraction of sp³-hybridized carbons (Fsp3) is 0.833. The predicted molar refractivity (Wildman–Crippen MR) is 62.7 cm³/mol. The molecule has 2 N–H and O–H groups in total. The van der Waals surface area contributed by atoms with Gasteiger partial charge in [-0.05, 0) is 18.8 Å². The van der Waals surface area contributed by atoms with Crippen molar-refractivity contribution in [2.45, 2.75) is 58.9 Å². The van der Waals surface area contributed by atoms with E-state index >= 15 is 0 Å². The highest BCUT2D eigenvalue weighted by Gasteiger charge is 2.19. The summed E-state index contributed by atoms with van der Waals surface area (Å²) in [5.41, 5.74) is 5.59. The van der Waals surface area contributed by atoms with Crippen LogP contribution in [-0.4, -0.2) is 18.0 Å². The Kier molecular flexibility index (Phi) is 7.81. The van der Waals surface area contributed by atoms with Crippen molar-refractivity contribution in [3.8, 4) is 0 Å². The molecular formula is C12H23NO3. The molecule has 16 heavy (non-hydrogen) atoms. The van der Waals surface area contributed by atoms with Crippen molar-refractivity contribution in [2.75, 3.05) is 0 Å². The Labute approximate surface area is 97.5 Å². The van der Waals surface area contributed by atoms with E-state index in [1.807, 2.05) is 13.8 Å². The average molecular weight is 229 g/mol. The summed E-state index contributed by atoms with van der Waals surface area (Å²) in [6.45, 7) is 5.99. The van der Waals surface area contributed by atoms with Crippen molar-refractivity contribution in [2.24, 2.45) is 11.7 Å². The van der Waals surface area contributed by atoms with Crippen LogP contribution in [0.5, 0.6) is 0 Å². The quantitative estimate of drug-likeness (QED) is 0.412. The molecule has 0 saturated heterocycles. The molecule has 0 aliphatic carbocycles. The minimum absolute atomic E-state index is 0.300. The number of esters is 2. The van der Waals surface area contributed by atoms with Crippen LogP contribution >= 0.6 is 0 Å². The highest BCUT2D eigenvalue weighted by molar-refractivity contribution is 5.88. The molecule has 0 radical (unpaired) electrons. The molecule has 0 aromatic rings. The van der Waals surface area contributed by atoms with Crippen molar-refractivity contribution in [1.82, 2.24) is 0 Å². The molecule has 0 aliphatic rings. The van der Waals surface area contributed by atoms with E-state index in [4.69, 9.17) is 5.73 Å². The van der Waals surface area contributed by atoms with Crippen LogP contribution in [0.4, 0.5) is 0 Å². The molecule has 0 aromatic heterocycles. The number of nitrogens with two attached hydrogens (primary N) is 1. The fourth-order valence-corrected chi connectivity index (χ4v) is 1.36. The maximum Gasteiger partial charge on any atom is 0.330 e. The molecule has 0 saturated carbocycles. The third-order valence-electron chi connectivity index (χ3n) is 2.23. The molecule has 0 heterocycles. The number of ether oxygens (including phenoxy) is 1. The van der Waals surface area contributed by atoms with Gasteiger partial charge in [0.2, 0.25) is 0 Å². The van der Waals surface area contributed by atoms with Gasteiger partial charge in [0.05, 0.1) is 0 Å². The van der Waals surface area contributed by atoms with Crippen LogP contribution in [0, 0.1) is 5.92 Å². The molecule has 0 bridgehead atoms. The van der Waals surface area contributed by atoms with E-state index in [0.29, 0.717) is 18.8 Å². The van der Waals surface area contributed by atoms with Gasteiger partial charge in [-0.25, -0.2) is 4.79 Å². The molecule has 4 nitrogen and oxygen atoms in total. The monoisotopic (exact) mass is 229 g/mol. The summed E-state index contributed by atoms with van der Waals surface area (Å²) >= 11 is 0. The van der Waals surface area contributed by atoms with Crippen LogP contribution < -0.4 is 5.73 Å². The zero-order valence-corrected chi connectivity index (χ0v) is 10.5. The van der Waals surface area contributed by atoms with Gasteiger partial charge >= 0.3 is 11.9 Å². The molecule has 0 aliphatic heterocycles. The smallest absolute Gasteiger partial charge is 0.330 e. The first-order valence-corrected chi connectivity index (χ1v) is 5.97. The SMILES string of the molecule is CCCCCC(=O)OC(=O)[C@@H](N)CC(C)C. The van der Waals surface area contributed by atoms with Gasteiger partial charge < -0.3 is 10.5 Å². The van der Waals surface area contributed by atoms with Gasteiger partial charge in [-0.3, -0.25) is 4.79 Å². The summed E-state index contributed by atoms with van der Waals surface area (Å²) in [4.78, 5) is 22.6. The third kappa shape index (κ3) is 7.40. The van der Waals surface area contributed by atoms with Crippen LogP contribution in [0.25, 0.3) is 0 Å². The lowest BCUT2D eigenvalue weighted by atomic mass is 10.1. The van der Waals surface area contributed by atoms with E-state index < -0.39 is 18.0 Å². The van der Waals surface area contributed by atoms with Gasteiger partial charge in [-0.1, -0.05) is 33.6 Å². The minimum atomic E-state index is -0.685. The van der Waals surface area contributed by atoms with Crippen molar-refractivity contribution in [3.63, 3.8) is 0 Å². The molecule has 0 spiro atoms. The lowest BCUT2D eigenvalue weighted by molar-refractivity contribution is -0.160. The van der Waals surface area contributed by atoms with E-state index in [1.165, 1.54) is 0 Å². The second-order valence-corrected chi connectivity index (χ2v) is 4.49. The van der Waals surface area contributed by atoms with E-state index in [1.54, 1.807) is 0 Å². The summed E-state index contributed by atoms with van der Waals surface area (Å²) < 4.78 is 4.66. The average Bonchev–Trinajstić information content (AvgIpc) is 2.16. The number of hydrogen-bond acceptors (Lipinski definition) is 4. The van der Waals surface area contributed by atoms with Crippen LogP contribution in [0.1, 0.15) is 52.9 Å². The first kappa shape index (κ1) is 15.1. The highest BCUT2D eigenvalue weighted by Crippen LogP contribution is 2.06. The van der Waals surface area contributed by atoms with Crippen molar-refractivity contribution >= 4 is 11.9 Å². The minimum Gasteiger partial charge on any atom is -0.392 e.